The van der Waals surface area contributed by atoms with E-state index in [4.69, 9.17) is 4.74 Å². The van der Waals surface area contributed by atoms with Gasteiger partial charge < -0.3 is 9.64 Å². The van der Waals surface area contributed by atoms with Crippen LogP contribution in [0.1, 0.15) is 23.3 Å². The Morgan fingerprint density at radius 2 is 2.12 bits per heavy atom. The standard InChI is InChI=1S/C17H16F3N5O/c1-10-22-16(24-23-10)15-9-25(6-7-26-15)14-4-5-21-13-8-11(17(18,19)20)2-3-12(13)14/h2-5,8,15H,6-7,9H2,1H3,(H,22,23,24). The number of benzene rings is 1. The summed E-state index contributed by atoms with van der Waals surface area (Å²) in [4.78, 5) is 10.5. The second-order valence-corrected chi connectivity index (χ2v) is 6.14. The summed E-state index contributed by atoms with van der Waals surface area (Å²) in [6, 6.07) is 5.45. The molecule has 4 rings (SSSR count). The Labute approximate surface area is 147 Å². The molecular formula is C17H16F3N5O. The Morgan fingerprint density at radius 3 is 2.85 bits per heavy atom. The van der Waals surface area contributed by atoms with Gasteiger partial charge in [-0.2, -0.15) is 18.3 Å². The van der Waals surface area contributed by atoms with Crippen molar-refractivity contribution in [3.8, 4) is 0 Å². The molecule has 1 aliphatic rings. The number of alkyl halides is 3. The molecule has 1 N–H and O–H groups in total. The van der Waals surface area contributed by atoms with Crippen molar-refractivity contribution in [1.29, 1.82) is 0 Å². The summed E-state index contributed by atoms with van der Waals surface area (Å²) in [5.41, 5.74) is 0.434. The number of aryl methyl sites for hydroxylation is 1. The van der Waals surface area contributed by atoms with Crippen LogP contribution in [0.15, 0.2) is 30.5 Å². The lowest BCUT2D eigenvalue weighted by atomic mass is 10.1. The molecule has 3 aromatic rings. The van der Waals surface area contributed by atoms with E-state index in [0.29, 0.717) is 42.2 Å². The van der Waals surface area contributed by atoms with E-state index < -0.39 is 11.7 Å². The molecule has 6 nitrogen and oxygen atoms in total. The molecule has 1 aliphatic heterocycles. The average Bonchev–Trinajstić information content (AvgIpc) is 3.06. The Kier molecular flexibility index (Phi) is 4.03. The number of rotatable bonds is 2. The van der Waals surface area contributed by atoms with Gasteiger partial charge in [0.05, 0.1) is 24.2 Å². The first-order valence-corrected chi connectivity index (χ1v) is 8.13. The number of ether oxygens (including phenoxy) is 1. The number of anilines is 1. The van der Waals surface area contributed by atoms with Crippen LogP contribution in [-0.4, -0.2) is 39.9 Å². The highest BCUT2D eigenvalue weighted by atomic mass is 19.4. The third-order valence-corrected chi connectivity index (χ3v) is 4.36. The summed E-state index contributed by atoms with van der Waals surface area (Å²) in [6.07, 6.45) is -3.16. The number of aromatic nitrogens is 4. The van der Waals surface area contributed by atoms with Crippen molar-refractivity contribution in [2.24, 2.45) is 0 Å². The highest BCUT2D eigenvalue weighted by molar-refractivity contribution is 5.92. The van der Waals surface area contributed by atoms with Crippen LogP contribution in [0.3, 0.4) is 0 Å². The molecule has 0 amide bonds. The van der Waals surface area contributed by atoms with Crippen LogP contribution in [0.25, 0.3) is 10.9 Å². The molecule has 2 aromatic heterocycles. The molecule has 1 atom stereocenters. The first-order valence-electron chi connectivity index (χ1n) is 8.13. The third-order valence-electron chi connectivity index (χ3n) is 4.36. The third kappa shape index (κ3) is 3.10. The molecule has 136 valence electrons. The van der Waals surface area contributed by atoms with Gasteiger partial charge in [0.25, 0.3) is 0 Å². The minimum Gasteiger partial charge on any atom is -0.366 e. The Hall–Kier alpha value is -2.68. The van der Waals surface area contributed by atoms with E-state index in [0.717, 1.165) is 17.8 Å². The van der Waals surface area contributed by atoms with Crippen LogP contribution in [0.5, 0.6) is 0 Å². The number of H-pyrrole nitrogens is 1. The predicted molar refractivity (Wildman–Crippen MR) is 88.8 cm³/mol. The van der Waals surface area contributed by atoms with Crippen LogP contribution in [0, 0.1) is 6.92 Å². The number of nitrogens with one attached hydrogen (secondary N) is 1. The maximum Gasteiger partial charge on any atom is 0.416 e. The van der Waals surface area contributed by atoms with Crippen molar-refractivity contribution in [2.45, 2.75) is 19.2 Å². The molecule has 26 heavy (non-hydrogen) atoms. The lowest BCUT2D eigenvalue weighted by molar-refractivity contribution is -0.137. The first-order chi connectivity index (χ1) is 12.4. The smallest absolute Gasteiger partial charge is 0.366 e. The van der Waals surface area contributed by atoms with Crippen LogP contribution >= 0.6 is 0 Å². The summed E-state index contributed by atoms with van der Waals surface area (Å²) < 4.78 is 44.6. The van der Waals surface area contributed by atoms with Crippen molar-refractivity contribution in [1.82, 2.24) is 20.2 Å². The number of hydrogen-bond acceptors (Lipinski definition) is 5. The number of aromatic amines is 1. The molecule has 3 heterocycles. The van der Waals surface area contributed by atoms with Crippen molar-refractivity contribution in [2.75, 3.05) is 24.6 Å². The van der Waals surface area contributed by atoms with E-state index in [-0.39, 0.29) is 6.10 Å². The number of pyridine rings is 1. The monoisotopic (exact) mass is 363 g/mol. The molecule has 0 bridgehead atoms. The van der Waals surface area contributed by atoms with Gasteiger partial charge in [0.2, 0.25) is 0 Å². The van der Waals surface area contributed by atoms with E-state index in [2.05, 4.69) is 25.1 Å². The van der Waals surface area contributed by atoms with Crippen molar-refractivity contribution in [3.05, 3.63) is 47.7 Å². The minimum absolute atomic E-state index is 0.300. The minimum atomic E-state index is -4.39. The zero-order chi connectivity index (χ0) is 18.3. The Balaban J connectivity index is 1.67. The molecule has 0 spiro atoms. The molecule has 0 aliphatic carbocycles. The van der Waals surface area contributed by atoms with Crippen LogP contribution < -0.4 is 4.90 Å². The fourth-order valence-electron chi connectivity index (χ4n) is 3.11. The number of halogens is 3. The van der Waals surface area contributed by atoms with Gasteiger partial charge in [0, 0.05) is 23.8 Å². The topological polar surface area (TPSA) is 66.9 Å². The quantitative estimate of drug-likeness (QED) is 0.757. The largest absolute Gasteiger partial charge is 0.416 e. The van der Waals surface area contributed by atoms with Crippen molar-refractivity contribution >= 4 is 16.6 Å². The second kappa shape index (κ2) is 6.24. The van der Waals surface area contributed by atoms with Gasteiger partial charge >= 0.3 is 6.18 Å². The molecule has 1 aromatic carbocycles. The zero-order valence-corrected chi connectivity index (χ0v) is 13.9. The van der Waals surface area contributed by atoms with Gasteiger partial charge in [0.15, 0.2) is 5.82 Å². The molecule has 9 heteroatoms. The van der Waals surface area contributed by atoms with E-state index in [9.17, 15) is 13.2 Å². The molecule has 0 radical (unpaired) electrons. The van der Waals surface area contributed by atoms with Gasteiger partial charge in [-0.1, -0.05) is 6.07 Å². The Bertz CT molecular complexity index is 940. The first kappa shape index (κ1) is 16.8. The van der Waals surface area contributed by atoms with Gasteiger partial charge in [-0.3, -0.25) is 10.1 Å². The summed E-state index contributed by atoms with van der Waals surface area (Å²) in [6.45, 7) is 3.42. The van der Waals surface area contributed by atoms with Gasteiger partial charge in [0.1, 0.15) is 11.9 Å². The lowest BCUT2D eigenvalue weighted by Gasteiger charge is -2.34. The van der Waals surface area contributed by atoms with E-state index in [1.165, 1.54) is 12.3 Å². The molecule has 0 saturated carbocycles. The Morgan fingerprint density at radius 1 is 1.27 bits per heavy atom. The number of hydrogen-bond donors (Lipinski definition) is 1. The van der Waals surface area contributed by atoms with Crippen molar-refractivity contribution < 1.29 is 17.9 Å². The van der Waals surface area contributed by atoms with Gasteiger partial charge in [-0.25, -0.2) is 4.98 Å². The van der Waals surface area contributed by atoms with Gasteiger partial charge in [-0.15, -0.1) is 0 Å². The molecule has 1 unspecified atom stereocenters. The predicted octanol–water partition coefficient (Wildman–Crippen LogP) is 3.26. The van der Waals surface area contributed by atoms with Crippen LogP contribution in [0.2, 0.25) is 0 Å². The van der Waals surface area contributed by atoms with Gasteiger partial charge in [-0.05, 0) is 25.1 Å². The molecule has 1 fully saturated rings. The lowest BCUT2D eigenvalue weighted by Crippen LogP contribution is -2.38. The second-order valence-electron chi connectivity index (χ2n) is 6.14. The maximum absolute atomic E-state index is 12.9. The van der Waals surface area contributed by atoms with Crippen LogP contribution in [-0.2, 0) is 10.9 Å². The summed E-state index contributed by atoms with van der Waals surface area (Å²) in [5, 5.41) is 7.61. The molecular weight excluding hydrogens is 347 g/mol. The summed E-state index contributed by atoms with van der Waals surface area (Å²) in [5.74, 6) is 1.28. The number of fused-ring (bicyclic) bond motifs is 1. The summed E-state index contributed by atoms with van der Waals surface area (Å²) in [7, 11) is 0. The van der Waals surface area contributed by atoms with E-state index >= 15 is 0 Å². The normalized spacial score (nSPS) is 18.5. The number of morpholine rings is 1. The fourth-order valence-corrected chi connectivity index (χ4v) is 3.11. The SMILES string of the molecule is Cc1nc(C2CN(c3ccnc4cc(C(F)(F)F)ccc34)CCO2)n[nH]1. The number of nitrogens with zero attached hydrogens (tertiary/aromatic N) is 4. The maximum atomic E-state index is 12.9. The highest BCUT2D eigenvalue weighted by Crippen LogP contribution is 2.34. The average molecular weight is 363 g/mol. The fraction of sp³-hybridized carbons (Fsp3) is 0.353. The summed E-state index contributed by atoms with van der Waals surface area (Å²) >= 11 is 0. The molecule has 1 saturated heterocycles. The van der Waals surface area contributed by atoms with Crippen molar-refractivity contribution in [3.63, 3.8) is 0 Å². The zero-order valence-electron chi connectivity index (χ0n) is 13.9. The van der Waals surface area contributed by atoms with E-state index in [1.54, 1.807) is 6.07 Å². The van der Waals surface area contributed by atoms with Crippen LogP contribution in [0.4, 0.5) is 18.9 Å². The highest BCUT2D eigenvalue weighted by Gasteiger charge is 2.31. The van der Waals surface area contributed by atoms with E-state index in [1.807, 2.05) is 6.92 Å².